The van der Waals surface area contributed by atoms with Crippen molar-refractivity contribution in [3.8, 4) is 0 Å². The second-order valence-corrected chi connectivity index (χ2v) is 4.16. The maximum Gasteiger partial charge on any atom is 0.122 e. The molecule has 0 spiro atoms. The van der Waals surface area contributed by atoms with Gasteiger partial charge in [0.2, 0.25) is 0 Å². The van der Waals surface area contributed by atoms with Crippen LogP contribution in [0.1, 0.15) is 38.0 Å². The molecule has 0 aliphatic carbocycles. The molecule has 0 saturated heterocycles. The van der Waals surface area contributed by atoms with Crippen LogP contribution < -0.4 is 5.73 Å². The van der Waals surface area contributed by atoms with Crippen LogP contribution in [0.5, 0.6) is 0 Å². The predicted molar refractivity (Wildman–Crippen MR) is 60.3 cm³/mol. The van der Waals surface area contributed by atoms with Crippen molar-refractivity contribution in [3.05, 3.63) is 23.7 Å². The summed E-state index contributed by atoms with van der Waals surface area (Å²) in [7, 11) is 0. The number of hydrogen-bond acceptors (Lipinski definition) is 3. The first kappa shape index (κ1) is 12.3. The molecule has 0 atom stereocenters. The lowest BCUT2D eigenvalue weighted by molar-refractivity contribution is 0.113. The van der Waals surface area contributed by atoms with Gasteiger partial charge in [0, 0.05) is 12.2 Å². The lowest BCUT2D eigenvalue weighted by Crippen LogP contribution is -2.02. The Kier molecular flexibility index (Phi) is 5.43. The van der Waals surface area contributed by atoms with Gasteiger partial charge in [-0.3, -0.25) is 0 Å². The second kappa shape index (κ2) is 6.64. The van der Waals surface area contributed by atoms with Crippen LogP contribution in [0, 0.1) is 5.92 Å². The second-order valence-electron chi connectivity index (χ2n) is 4.16. The van der Waals surface area contributed by atoms with Crippen molar-refractivity contribution in [1.29, 1.82) is 0 Å². The Labute approximate surface area is 91.6 Å². The molecule has 0 aromatic carbocycles. The first-order valence-electron chi connectivity index (χ1n) is 5.57. The average molecular weight is 211 g/mol. The summed E-state index contributed by atoms with van der Waals surface area (Å²) in [4.78, 5) is 0. The van der Waals surface area contributed by atoms with Gasteiger partial charge in [0.25, 0.3) is 0 Å². The first-order valence-corrected chi connectivity index (χ1v) is 5.57. The van der Waals surface area contributed by atoms with Crippen LogP contribution in [0.4, 0.5) is 0 Å². The monoisotopic (exact) mass is 211 g/mol. The quantitative estimate of drug-likeness (QED) is 0.705. The molecule has 15 heavy (non-hydrogen) atoms. The topological polar surface area (TPSA) is 48.4 Å². The van der Waals surface area contributed by atoms with Crippen LogP contribution >= 0.6 is 0 Å². The minimum Gasteiger partial charge on any atom is -0.468 e. The highest BCUT2D eigenvalue weighted by Crippen LogP contribution is 2.11. The largest absolute Gasteiger partial charge is 0.468 e. The molecule has 0 aliphatic heterocycles. The van der Waals surface area contributed by atoms with E-state index in [1.165, 1.54) is 6.42 Å². The van der Waals surface area contributed by atoms with Crippen LogP contribution in [0.25, 0.3) is 0 Å². The SMILES string of the molecule is CC(C)CCCOCc1ccoc1CN. The summed E-state index contributed by atoms with van der Waals surface area (Å²) in [5.41, 5.74) is 6.59. The lowest BCUT2D eigenvalue weighted by Gasteiger charge is -2.05. The molecule has 2 N–H and O–H groups in total. The van der Waals surface area contributed by atoms with E-state index in [-0.39, 0.29) is 0 Å². The van der Waals surface area contributed by atoms with Crippen molar-refractivity contribution < 1.29 is 9.15 Å². The van der Waals surface area contributed by atoms with E-state index in [0.29, 0.717) is 13.2 Å². The maximum absolute atomic E-state index is 5.56. The van der Waals surface area contributed by atoms with E-state index in [1.54, 1.807) is 6.26 Å². The molecule has 3 heteroatoms. The van der Waals surface area contributed by atoms with Crippen LogP contribution in [-0.4, -0.2) is 6.61 Å². The molecule has 0 fully saturated rings. The Morgan fingerprint density at radius 3 is 2.93 bits per heavy atom. The fourth-order valence-electron chi connectivity index (χ4n) is 1.45. The van der Waals surface area contributed by atoms with E-state index in [1.807, 2.05) is 6.07 Å². The summed E-state index contributed by atoms with van der Waals surface area (Å²) < 4.78 is 10.8. The molecular weight excluding hydrogens is 190 g/mol. The highest BCUT2D eigenvalue weighted by Gasteiger charge is 2.03. The predicted octanol–water partition coefficient (Wildman–Crippen LogP) is 2.69. The molecule has 1 heterocycles. The fourth-order valence-corrected chi connectivity index (χ4v) is 1.45. The summed E-state index contributed by atoms with van der Waals surface area (Å²) in [6.07, 6.45) is 4.00. The van der Waals surface area contributed by atoms with Crippen molar-refractivity contribution in [1.82, 2.24) is 0 Å². The van der Waals surface area contributed by atoms with E-state index in [9.17, 15) is 0 Å². The molecule has 0 radical (unpaired) electrons. The zero-order chi connectivity index (χ0) is 11.1. The zero-order valence-corrected chi connectivity index (χ0v) is 9.66. The molecule has 0 aliphatic rings. The summed E-state index contributed by atoms with van der Waals surface area (Å²) in [6.45, 7) is 6.32. The van der Waals surface area contributed by atoms with Crippen LogP contribution in [0.3, 0.4) is 0 Å². The fraction of sp³-hybridized carbons (Fsp3) is 0.667. The van der Waals surface area contributed by atoms with Crippen molar-refractivity contribution in [3.63, 3.8) is 0 Å². The van der Waals surface area contributed by atoms with Gasteiger partial charge in [-0.15, -0.1) is 0 Å². The smallest absolute Gasteiger partial charge is 0.122 e. The summed E-state index contributed by atoms with van der Waals surface area (Å²) >= 11 is 0. The highest BCUT2D eigenvalue weighted by atomic mass is 16.5. The molecule has 0 amide bonds. The van der Waals surface area contributed by atoms with Gasteiger partial charge in [0.05, 0.1) is 19.4 Å². The lowest BCUT2D eigenvalue weighted by atomic mass is 10.1. The van der Waals surface area contributed by atoms with E-state index in [2.05, 4.69) is 13.8 Å². The number of ether oxygens (including phenoxy) is 1. The standard InChI is InChI=1S/C12H21NO2/c1-10(2)4-3-6-14-9-11-5-7-15-12(11)8-13/h5,7,10H,3-4,6,8-9,13H2,1-2H3. The number of nitrogens with two attached hydrogens (primary N) is 1. The molecule has 0 bridgehead atoms. The summed E-state index contributed by atoms with van der Waals surface area (Å²) in [5.74, 6) is 1.58. The molecule has 86 valence electrons. The molecular formula is C12H21NO2. The Balaban J connectivity index is 2.15. The Morgan fingerprint density at radius 2 is 2.27 bits per heavy atom. The van der Waals surface area contributed by atoms with E-state index < -0.39 is 0 Å². The van der Waals surface area contributed by atoms with Gasteiger partial charge in [0.1, 0.15) is 5.76 Å². The highest BCUT2D eigenvalue weighted by molar-refractivity contribution is 5.15. The maximum atomic E-state index is 5.56. The average Bonchev–Trinajstić information content (AvgIpc) is 2.64. The van der Waals surface area contributed by atoms with E-state index in [4.69, 9.17) is 14.9 Å². The third-order valence-corrected chi connectivity index (χ3v) is 2.35. The van der Waals surface area contributed by atoms with E-state index >= 15 is 0 Å². The first-order chi connectivity index (χ1) is 7.24. The third-order valence-electron chi connectivity index (χ3n) is 2.35. The van der Waals surface area contributed by atoms with Crippen molar-refractivity contribution in [2.75, 3.05) is 6.61 Å². The number of hydrogen-bond donors (Lipinski definition) is 1. The summed E-state index contributed by atoms with van der Waals surface area (Å²) in [5, 5.41) is 0. The van der Waals surface area contributed by atoms with Gasteiger partial charge in [0.15, 0.2) is 0 Å². The molecule has 1 rings (SSSR count). The Hall–Kier alpha value is -0.800. The summed E-state index contributed by atoms with van der Waals surface area (Å²) in [6, 6.07) is 1.92. The van der Waals surface area contributed by atoms with Crippen molar-refractivity contribution in [2.24, 2.45) is 11.7 Å². The minimum absolute atomic E-state index is 0.442. The molecule has 1 aromatic rings. The van der Waals surface area contributed by atoms with Gasteiger partial charge < -0.3 is 14.9 Å². The molecule has 0 saturated carbocycles. The van der Waals surface area contributed by atoms with Crippen molar-refractivity contribution in [2.45, 2.75) is 39.8 Å². The number of rotatable bonds is 7. The normalized spacial score (nSPS) is 11.2. The number of furan rings is 1. The zero-order valence-electron chi connectivity index (χ0n) is 9.66. The van der Waals surface area contributed by atoms with Crippen LogP contribution in [-0.2, 0) is 17.9 Å². The molecule has 3 nitrogen and oxygen atoms in total. The Morgan fingerprint density at radius 1 is 1.47 bits per heavy atom. The minimum atomic E-state index is 0.442. The van der Waals surface area contributed by atoms with Crippen LogP contribution in [0.2, 0.25) is 0 Å². The van der Waals surface area contributed by atoms with Gasteiger partial charge in [-0.2, -0.15) is 0 Å². The molecule has 0 unspecified atom stereocenters. The van der Waals surface area contributed by atoms with Gasteiger partial charge in [-0.25, -0.2) is 0 Å². The van der Waals surface area contributed by atoms with Gasteiger partial charge >= 0.3 is 0 Å². The van der Waals surface area contributed by atoms with Gasteiger partial charge in [-0.05, 0) is 24.8 Å². The van der Waals surface area contributed by atoms with Gasteiger partial charge in [-0.1, -0.05) is 13.8 Å². The molecule has 1 aromatic heterocycles. The Bertz CT molecular complexity index is 268. The van der Waals surface area contributed by atoms with Crippen molar-refractivity contribution >= 4 is 0 Å². The van der Waals surface area contributed by atoms with E-state index in [0.717, 1.165) is 30.3 Å². The van der Waals surface area contributed by atoms with Crippen LogP contribution in [0.15, 0.2) is 16.7 Å². The third kappa shape index (κ3) is 4.49.